The summed E-state index contributed by atoms with van der Waals surface area (Å²) in [5, 5.41) is 3.47. The van der Waals surface area contributed by atoms with Gasteiger partial charge in [-0.1, -0.05) is 38.8 Å². The molecule has 2 rings (SSSR count). The maximum Gasteiger partial charge on any atom is 0.208 e. The quantitative estimate of drug-likeness (QED) is 0.783. The Morgan fingerprint density at radius 3 is 2.62 bits per heavy atom. The van der Waals surface area contributed by atoms with Crippen LogP contribution >= 0.6 is 0 Å². The number of nitrogens with one attached hydrogen (secondary N) is 1. The molecular formula is C17H23FN2O. The summed E-state index contributed by atoms with van der Waals surface area (Å²) in [4.78, 5) is 4.26. The number of aryl methyl sites for hydroxylation is 1. The Kier molecular flexibility index (Phi) is 5.93. The van der Waals surface area contributed by atoms with Crippen molar-refractivity contribution in [2.24, 2.45) is 0 Å². The minimum absolute atomic E-state index is 0.197. The van der Waals surface area contributed by atoms with Crippen LogP contribution in [0.3, 0.4) is 0 Å². The summed E-state index contributed by atoms with van der Waals surface area (Å²) in [6, 6.07) is 6.90. The molecule has 21 heavy (non-hydrogen) atoms. The van der Waals surface area contributed by atoms with Crippen LogP contribution in [0.2, 0.25) is 0 Å². The molecule has 0 amide bonds. The van der Waals surface area contributed by atoms with Gasteiger partial charge in [-0.05, 0) is 24.1 Å². The first-order valence-electron chi connectivity index (χ1n) is 7.65. The Morgan fingerprint density at radius 2 is 2.00 bits per heavy atom. The highest BCUT2D eigenvalue weighted by Crippen LogP contribution is 2.20. The van der Waals surface area contributed by atoms with Gasteiger partial charge >= 0.3 is 0 Å². The van der Waals surface area contributed by atoms with E-state index in [-0.39, 0.29) is 11.9 Å². The second-order valence-corrected chi connectivity index (χ2v) is 5.20. The van der Waals surface area contributed by atoms with Crippen LogP contribution in [0.25, 0.3) is 0 Å². The highest BCUT2D eigenvalue weighted by molar-refractivity contribution is 5.20. The predicted molar refractivity (Wildman–Crippen MR) is 81.4 cm³/mol. The van der Waals surface area contributed by atoms with Crippen LogP contribution in [0.5, 0.6) is 0 Å². The van der Waals surface area contributed by atoms with Crippen LogP contribution < -0.4 is 5.32 Å². The second kappa shape index (κ2) is 7.93. The van der Waals surface area contributed by atoms with Crippen molar-refractivity contribution in [3.63, 3.8) is 0 Å². The average Bonchev–Trinajstić information content (AvgIpc) is 2.97. The van der Waals surface area contributed by atoms with Crippen LogP contribution in [0.4, 0.5) is 4.39 Å². The standard InChI is InChI=1S/C17H23FN2O/c1-3-5-6-16(13-7-9-14(18)10-8-13)19-12-17-20-11-15(4-2)21-17/h7-11,16,19H,3-6,12H2,1-2H3. The van der Waals surface area contributed by atoms with Gasteiger partial charge in [-0.3, -0.25) is 0 Å². The molecule has 1 N–H and O–H groups in total. The van der Waals surface area contributed by atoms with Crippen molar-refractivity contribution >= 4 is 0 Å². The molecule has 0 aliphatic heterocycles. The summed E-state index contributed by atoms with van der Waals surface area (Å²) in [6.45, 7) is 4.80. The molecule has 3 nitrogen and oxygen atoms in total. The summed E-state index contributed by atoms with van der Waals surface area (Å²) < 4.78 is 18.7. The van der Waals surface area contributed by atoms with E-state index in [1.807, 2.05) is 19.1 Å². The van der Waals surface area contributed by atoms with Gasteiger partial charge in [0.05, 0.1) is 12.7 Å². The van der Waals surface area contributed by atoms with Crippen molar-refractivity contribution in [3.05, 3.63) is 53.5 Å². The molecule has 2 aromatic rings. The van der Waals surface area contributed by atoms with Gasteiger partial charge in [-0.15, -0.1) is 0 Å². The molecule has 0 aliphatic rings. The van der Waals surface area contributed by atoms with E-state index < -0.39 is 0 Å². The zero-order valence-electron chi connectivity index (χ0n) is 12.7. The van der Waals surface area contributed by atoms with E-state index >= 15 is 0 Å². The van der Waals surface area contributed by atoms with Crippen molar-refractivity contribution in [3.8, 4) is 0 Å². The number of hydrogen-bond donors (Lipinski definition) is 1. The number of hydrogen-bond acceptors (Lipinski definition) is 3. The molecule has 0 spiro atoms. The summed E-state index contributed by atoms with van der Waals surface area (Å²) in [5.41, 5.74) is 1.10. The Hall–Kier alpha value is -1.68. The van der Waals surface area contributed by atoms with E-state index in [1.54, 1.807) is 6.20 Å². The number of benzene rings is 1. The number of nitrogens with zero attached hydrogens (tertiary/aromatic N) is 1. The summed E-state index contributed by atoms with van der Waals surface area (Å²) in [5.74, 6) is 1.41. The molecule has 0 fully saturated rings. The van der Waals surface area contributed by atoms with Crippen molar-refractivity contribution in [2.45, 2.75) is 52.1 Å². The normalized spacial score (nSPS) is 12.5. The van der Waals surface area contributed by atoms with Gasteiger partial charge in [0.15, 0.2) is 0 Å². The number of oxazole rings is 1. The highest BCUT2D eigenvalue weighted by Gasteiger charge is 2.12. The second-order valence-electron chi connectivity index (χ2n) is 5.20. The van der Waals surface area contributed by atoms with E-state index in [4.69, 9.17) is 4.42 Å². The van der Waals surface area contributed by atoms with Crippen molar-refractivity contribution in [1.29, 1.82) is 0 Å². The van der Waals surface area contributed by atoms with Gasteiger partial charge in [0.2, 0.25) is 5.89 Å². The van der Waals surface area contributed by atoms with E-state index in [1.165, 1.54) is 12.1 Å². The minimum Gasteiger partial charge on any atom is -0.444 e. The van der Waals surface area contributed by atoms with Crippen molar-refractivity contribution < 1.29 is 8.81 Å². The van der Waals surface area contributed by atoms with Crippen LogP contribution in [0.1, 0.15) is 56.4 Å². The Balaban J connectivity index is 2.00. The monoisotopic (exact) mass is 290 g/mol. The first-order valence-corrected chi connectivity index (χ1v) is 7.65. The van der Waals surface area contributed by atoms with E-state index in [9.17, 15) is 4.39 Å². The molecule has 1 heterocycles. The lowest BCUT2D eigenvalue weighted by molar-refractivity contribution is 0.404. The van der Waals surface area contributed by atoms with Gasteiger partial charge in [-0.25, -0.2) is 9.37 Å². The summed E-state index contributed by atoms with van der Waals surface area (Å²) >= 11 is 0. The van der Waals surface area contributed by atoms with Gasteiger partial charge < -0.3 is 9.73 Å². The average molecular weight is 290 g/mol. The SMILES string of the molecule is CCCCC(NCc1ncc(CC)o1)c1ccc(F)cc1. The highest BCUT2D eigenvalue weighted by atomic mass is 19.1. The molecule has 0 bridgehead atoms. The molecule has 0 saturated heterocycles. The zero-order valence-corrected chi connectivity index (χ0v) is 12.7. The topological polar surface area (TPSA) is 38.1 Å². The minimum atomic E-state index is -0.201. The van der Waals surface area contributed by atoms with E-state index in [0.29, 0.717) is 12.4 Å². The molecule has 1 aromatic carbocycles. The largest absolute Gasteiger partial charge is 0.444 e. The number of aromatic nitrogens is 1. The third kappa shape index (κ3) is 4.67. The first-order chi connectivity index (χ1) is 10.2. The lowest BCUT2D eigenvalue weighted by Gasteiger charge is -2.18. The fraction of sp³-hybridized carbons (Fsp3) is 0.471. The van der Waals surface area contributed by atoms with Gasteiger partial charge in [-0.2, -0.15) is 0 Å². The molecule has 0 saturated carbocycles. The van der Waals surface area contributed by atoms with Crippen LogP contribution in [-0.4, -0.2) is 4.98 Å². The fourth-order valence-corrected chi connectivity index (χ4v) is 2.29. The number of halogens is 1. The van der Waals surface area contributed by atoms with Crippen molar-refractivity contribution in [2.75, 3.05) is 0 Å². The third-order valence-electron chi connectivity index (χ3n) is 3.57. The molecule has 1 unspecified atom stereocenters. The molecule has 0 aliphatic carbocycles. The summed E-state index contributed by atoms with van der Waals surface area (Å²) in [7, 11) is 0. The van der Waals surface area contributed by atoms with Crippen LogP contribution in [0, 0.1) is 5.82 Å². The smallest absolute Gasteiger partial charge is 0.208 e. The van der Waals surface area contributed by atoms with Crippen molar-refractivity contribution in [1.82, 2.24) is 10.3 Å². The fourth-order valence-electron chi connectivity index (χ4n) is 2.29. The first kappa shape index (κ1) is 15.7. The number of unbranched alkanes of at least 4 members (excludes halogenated alkanes) is 1. The summed E-state index contributed by atoms with van der Waals surface area (Å²) in [6.07, 6.45) is 5.91. The van der Waals surface area contributed by atoms with E-state index in [2.05, 4.69) is 17.2 Å². The van der Waals surface area contributed by atoms with Gasteiger partial charge in [0.25, 0.3) is 0 Å². The lowest BCUT2D eigenvalue weighted by Crippen LogP contribution is -2.21. The lowest BCUT2D eigenvalue weighted by atomic mass is 10.0. The molecule has 1 aromatic heterocycles. The maximum absolute atomic E-state index is 13.0. The maximum atomic E-state index is 13.0. The Labute approximate surface area is 125 Å². The molecule has 4 heteroatoms. The molecular weight excluding hydrogens is 267 g/mol. The molecule has 1 atom stereocenters. The van der Waals surface area contributed by atoms with Gasteiger partial charge in [0.1, 0.15) is 11.6 Å². The predicted octanol–water partition coefficient (Wildman–Crippen LogP) is 4.40. The molecule has 0 radical (unpaired) electrons. The Bertz CT molecular complexity index is 536. The van der Waals surface area contributed by atoms with Crippen LogP contribution in [0.15, 0.2) is 34.9 Å². The Morgan fingerprint density at radius 1 is 1.24 bits per heavy atom. The molecule has 114 valence electrons. The zero-order chi connectivity index (χ0) is 15.1. The van der Waals surface area contributed by atoms with E-state index in [0.717, 1.165) is 37.0 Å². The third-order valence-corrected chi connectivity index (χ3v) is 3.57. The number of rotatable bonds is 8. The van der Waals surface area contributed by atoms with Gasteiger partial charge in [0, 0.05) is 12.5 Å². The van der Waals surface area contributed by atoms with Crippen LogP contribution in [-0.2, 0) is 13.0 Å².